The lowest BCUT2D eigenvalue weighted by atomic mass is 10.0. The summed E-state index contributed by atoms with van der Waals surface area (Å²) in [6.45, 7) is 2.66. The Bertz CT molecular complexity index is 509. The summed E-state index contributed by atoms with van der Waals surface area (Å²) in [5, 5.41) is 15.1. The molecular formula is C16H26ClN5O2. The number of nitrogens with zero attached hydrogens (tertiary/aromatic N) is 3. The molecule has 1 aliphatic carbocycles. The van der Waals surface area contributed by atoms with E-state index in [1.54, 1.807) is 11.9 Å². The van der Waals surface area contributed by atoms with Crippen molar-refractivity contribution in [3.8, 4) is 6.07 Å². The number of hydrogen-bond acceptors (Lipinski definition) is 4. The molecule has 3 aliphatic rings. The number of carbonyl (C=O) groups is 2. The largest absolute Gasteiger partial charge is 0.341 e. The third-order valence-electron chi connectivity index (χ3n) is 5.52. The lowest BCUT2D eigenvalue weighted by Gasteiger charge is -2.22. The van der Waals surface area contributed by atoms with Gasteiger partial charge in [-0.25, -0.2) is 4.79 Å². The summed E-state index contributed by atoms with van der Waals surface area (Å²) in [6, 6.07) is 2.33. The van der Waals surface area contributed by atoms with Gasteiger partial charge in [0, 0.05) is 32.7 Å². The van der Waals surface area contributed by atoms with Crippen LogP contribution in [0.25, 0.3) is 0 Å². The molecule has 0 spiro atoms. The van der Waals surface area contributed by atoms with Crippen LogP contribution in [0.3, 0.4) is 0 Å². The first-order valence-electron chi connectivity index (χ1n) is 8.51. The summed E-state index contributed by atoms with van der Waals surface area (Å²) in [5.74, 6) is 1.12. The molecule has 8 heteroatoms. The molecule has 0 aromatic carbocycles. The lowest BCUT2D eigenvalue weighted by molar-refractivity contribution is -0.130. The highest BCUT2D eigenvalue weighted by Crippen LogP contribution is 2.38. The van der Waals surface area contributed by atoms with Gasteiger partial charge in [0.25, 0.3) is 0 Å². The minimum absolute atomic E-state index is 0. The van der Waals surface area contributed by atoms with Crippen LogP contribution in [0.4, 0.5) is 4.79 Å². The molecule has 7 nitrogen and oxygen atoms in total. The van der Waals surface area contributed by atoms with E-state index in [1.807, 2.05) is 4.90 Å². The molecule has 0 radical (unpaired) electrons. The van der Waals surface area contributed by atoms with Gasteiger partial charge in [0.15, 0.2) is 0 Å². The second-order valence-corrected chi connectivity index (χ2v) is 6.90. The first-order chi connectivity index (χ1) is 11.1. The molecule has 4 atom stereocenters. The molecule has 0 aromatic rings. The number of urea groups is 1. The number of rotatable bonds is 3. The number of fused-ring (bicyclic) bond motifs is 1. The SMILES string of the molecule is CNC(=O)N1C[C@H]2CC(NCC(=O)N3CCC[C@H]3C#N)C[C@H]2C1.Cl. The Morgan fingerprint density at radius 2 is 1.92 bits per heavy atom. The number of halogens is 1. The van der Waals surface area contributed by atoms with Crippen LogP contribution in [0.15, 0.2) is 0 Å². The Morgan fingerprint density at radius 1 is 1.25 bits per heavy atom. The predicted molar refractivity (Wildman–Crippen MR) is 91.6 cm³/mol. The molecule has 0 aromatic heterocycles. The van der Waals surface area contributed by atoms with Crippen molar-refractivity contribution in [1.29, 1.82) is 5.26 Å². The maximum Gasteiger partial charge on any atom is 0.317 e. The molecule has 3 amide bonds. The van der Waals surface area contributed by atoms with Crippen molar-refractivity contribution in [3.63, 3.8) is 0 Å². The van der Waals surface area contributed by atoms with E-state index in [0.717, 1.165) is 38.8 Å². The van der Waals surface area contributed by atoms with Crippen LogP contribution in [-0.4, -0.2) is 67.0 Å². The van der Waals surface area contributed by atoms with Crippen molar-refractivity contribution in [2.24, 2.45) is 11.8 Å². The molecule has 2 saturated heterocycles. The zero-order valence-corrected chi connectivity index (χ0v) is 14.8. The smallest absolute Gasteiger partial charge is 0.317 e. The average Bonchev–Trinajstić information content (AvgIpc) is 3.24. The van der Waals surface area contributed by atoms with Gasteiger partial charge in [-0.05, 0) is 37.5 Å². The molecule has 1 saturated carbocycles. The van der Waals surface area contributed by atoms with Crippen LogP contribution in [-0.2, 0) is 4.79 Å². The fourth-order valence-electron chi connectivity index (χ4n) is 4.32. The topological polar surface area (TPSA) is 88.5 Å². The van der Waals surface area contributed by atoms with E-state index in [1.165, 1.54) is 0 Å². The van der Waals surface area contributed by atoms with Crippen molar-refractivity contribution in [2.45, 2.75) is 37.8 Å². The van der Waals surface area contributed by atoms with Crippen molar-refractivity contribution in [3.05, 3.63) is 0 Å². The average molecular weight is 356 g/mol. The fraction of sp³-hybridized carbons (Fsp3) is 0.812. The Balaban J connectivity index is 0.00000208. The Labute approximate surface area is 149 Å². The molecule has 24 heavy (non-hydrogen) atoms. The first kappa shape index (κ1) is 18.8. The van der Waals surface area contributed by atoms with Gasteiger partial charge < -0.3 is 20.4 Å². The van der Waals surface area contributed by atoms with Crippen molar-refractivity contribution in [2.75, 3.05) is 33.2 Å². The highest BCUT2D eigenvalue weighted by atomic mass is 35.5. The highest BCUT2D eigenvalue weighted by Gasteiger charge is 2.42. The van der Waals surface area contributed by atoms with Crippen LogP contribution in [0.2, 0.25) is 0 Å². The molecule has 0 bridgehead atoms. The van der Waals surface area contributed by atoms with E-state index in [2.05, 4.69) is 16.7 Å². The van der Waals surface area contributed by atoms with Gasteiger partial charge in [0.2, 0.25) is 5.91 Å². The summed E-state index contributed by atoms with van der Waals surface area (Å²) in [7, 11) is 1.67. The van der Waals surface area contributed by atoms with E-state index in [9.17, 15) is 9.59 Å². The Hall–Kier alpha value is -1.52. The molecule has 3 rings (SSSR count). The summed E-state index contributed by atoms with van der Waals surface area (Å²) >= 11 is 0. The second kappa shape index (κ2) is 8.04. The van der Waals surface area contributed by atoms with Crippen LogP contribution >= 0.6 is 12.4 Å². The van der Waals surface area contributed by atoms with Gasteiger partial charge in [-0.1, -0.05) is 0 Å². The first-order valence-corrected chi connectivity index (χ1v) is 8.51. The Morgan fingerprint density at radius 3 is 2.50 bits per heavy atom. The highest BCUT2D eigenvalue weighted by molar-refractivity contribution is 5.85. The zero-order valence-electron chi connectivity index (χ0n) is 14.0. The minimum Gasteiger partial charge on any atom is -0.341 e. The lowest BCUT2D eigenvalue weighted by Crippen LogP contribution is -2.43. The fourth-order valence-corrected chi connectivity index (χ4v) is 4.32. The summed E-state index contributed by atoms with van der Waals surface area (Å²) in [5.41, 5.74) is 0. The minimum atomic E-state index is -0.242. The maximum atomic E-state index is 12.2. The summed E-state index contributed by atoms with van der Waals surface area (Å²) in [4.78, 5) is 27.5. The molecular weight excluding hydrogens is 330 g/mol. The number of hydrogen-bond donors (Lipinski definition) is 2. The number of carbonyl (C=O) groups excluding carboxylic acids is 2. The van der Waals surface area contributed by atoms with E-state index >= 15 is 0 Å². The van der Waals surface area contributed by atoms with Gasteiger partial charge in [-0.15, -0.1) is 12.4 Å². The normalized spacial score (nSPS) is 31.3. The molecule has 2 heterocycles. The van der Waals surface area contributed by atoms with Crippen LogP contribution < -0.4 is 10.6 Å². The van der Waals surface area contributed by atoms with Crippen molar-refractivity contribution >= 4 is 24.3 Å². The predicted octanol–water partition coefficient (Wildman–Crippen LogP) is 0.562. The second-order valence-electron chi connectivity index (χ2n) is 6.90. The van der Waals surface area contributed by atoms with Gasteiger partial charge in [-0.3, -0.25) is 4.79 Å². The van der Waals surface area contributed by atoms with Crippen molar-refractivity contribution < 1.29 is 9.59 Å². The van der Waals surface area contributed by atoms with Crippen LogP contribution in [0.5, 0.6) is 0 Å². The van der Waals surface area contributed by atoms with E-state index in [-0.39, 0.29) is 30.4 Å². The van der Waals surface area contributed by atoms with Crippen molar-refractivity contribution in [1.82, 2.24) is 20.4 Å². The molecule has 1 unspecified atom stereocenters. The summed E-state index contributed by atoms with van der Waals surface area (Å²) in [6.07, 6.45) is 3.76. The van der Waals surface area contributed by atoms with E-state index in [4.69, 9.17) is 5.26 Å². The maximum absolute atomic E-state index is 12.2. The number of amides is 3. The van der Waals surface area contributed by atoms with E-state index in [0.29, 0.717) is 31.0 Å². The monoisotopic (exact) mass is 355 g/mol. The standard InChI is InChI=1S/C16H25N5O2.ClH/c1-18-16(23)20-9-11-5-13(6-12(11)10-20)19-8-15(22)21-4-2-3-14(21)7-17;/h11-14,19H,2-6,8-10H2,1H3,(H,18,23);1H/t11-,12+,13?,14-;/m0./s1. The molecule has 2 N–H and O–H groups in total. The van der Waals surface area contributed by atoms with Gasteiger partial charge in [0.1, 0.15) is 6.04 Å². The zero-order chi connectivity index (χ0) is 16.4. The van der Waals surface area contributed by atoms with Gasteiger partial charge in [0.05, 0.1) is 12.6 Å². The molecule has 2 aliphatic heterocycles. The molecule has 3 fully saturated rings. The third-order valence-corrected chi connectivity index (χ3v) is 5.52. The number of nitriles is 1. The third kappa shape index (κ3) is 3.76. The number of likely N-dealkylation sites (tertiary alicyclic amines) is 2. The Kier molecular flexibility index (Phi) is 6.30. The number of nitrogens with one attached hydrogen (secondary N) is 2. The van der Waals surface area contributed by atoms with Gasteiger partial charge in [-0.2, -0.15) is 5.26 Å². The molecule has 134 valence electrons. The van der Waals surface area contributed by atoms with Crippen LogP contribution in [0.1, 0.15) is 25.7 Å². The van der Waals surface area contributed by atoms with Gasteiger partial charge >= 0.3 is 6.03 Å². The van der Waals surface area contributed by atoms with E-state index < -0.39 is 0 Å². The summed E-state index contributed by atoms with van der Waals surface area (Å²) < 4.78 is 0. The quantitative estimate of drug-likeness (QED) is 0.774. The van der Waals surface area contributed by atoms with Crippen LogP contribution in [0, 0.1) is 23.2 Å².